The molecule has 4 nitrogen and oxygen atoms in total. The maximum atomic E-state index is 11.1. The van der Waals surface area contributed by atoms with Gasteiger partial charge in [-0.05, 0) is 19.8 Å². The second-order valence-corrected chi connectivity index (χ2v) is 5.28. The fourth-order valence-electron chi connectivity index (χ4n) is 1.41. The van der Waals surface area contributed by atoms with Crippen molar-refractivity contribution in [2.45, 2.75) is 51.9 Å². The summed E-state index contributed by atoms with van der Waals surface area (Å²) in [6.07, 6.45) is 6.73. The van der Waals surface area contributed by atoms with Gasteiger partial charge in [-0.3, -0.25) is 0 Å². The predicted molar refractivity (Wildman–Crippen MR) is 68.3 cm³/mol. The van der Waals surface area contributed by atoms with Crippen LogP contribution in [0.4, 0.5) is 0 Å². The maximum absolute atomic E-state index is 11.1. The van der Waals surface area contributed by atoms with Crippen LogP contribution in [-0.2, 0) is 10.0 Å². The fraction of sp³-hybridized carbons (Fsp3) is 0.750. The Hall–Kier alpha value is -1.04. The zero-order valence-electron chi connectivity index (χ0n) is 10.3. The van der Waals surface area contributed by atoms with Crippen molar-refractivity contribution in [2.24, 2.45) is 0 Å². The Morgan fingerprint density at radius 2 is 1.65 bits per heavy atom. The molecule has 0 aromatic carbocycles. The maximum Gasteiger partial charge on any atom is 0.280 e. The van der Waals surface area contributed by atoms with Gasteiger partial charge in [0.25, 0.3) is 10.0 Å². The van der Waals surface area contributed by atoms with E-state index in [4.69, 9.17) is 5.26 Å². The summed E-state index contributed by atoms with van der Waals surface area (Å²) in [7, 11) is -3.38. The lowest BCUT2D eigenvalue weighted by Gasteiger charge is -2.01. The van der Waals surface area contributed by atoms with Gasteiger partial charge in [-0.1, -0.05) is 31.6 Å². The first-order valence-corrected chi connectivity index (χ1v) is 7.41. The molecule has 5 heteroatoms. The van der Waals surface area contributed by atoms with Crippen LogP contribution < -0.4 is 4.72 Å². The number of nitrogens with one attached hydrogen (secondary N) is 1. The lowest BCUT2D eigenvalue weighted by atomic mass is 10.1. The van der Waals surface area contributed by atoms with E-state index in [-0.39, 0.29) is 0 Å². The van der Waals surface area contributed by atoms with Crippen LogP contribution in [0, 0.1) is 22.5 Å². The molecule has 0 fully saturated rings. The molecule has 0 aliphatic carbocycles. The Kier molecular flexibility index (Phi) is 9.52. The topological polar surface area (TPSA) is 70.0 Å². The summed E-state index contributed by atoms with van der Waals surface area (Å²) in [5.74, 6) is 2.36. The van der Waals surface area contributed by atoms with Crippen LogP contribution in [0.2, 0.25) is 0 Å². The van der Waals surface area contributed by atoms with E-state index in [1.807, 2.05) is 0 Å². The summed E-state index contributed by atoms with van der Waals surface area (Å²) in [4.78, 5) is 0. The Bertz CT molecular complexity index is 385. The minimum Gasteiger partial charge on any atom is -0.205 e. The molecule has 0 aliphatic heterocycles. The molecule has 0 bridgehead atoms. The number of hydrogen-bond acceptors (Lipinski definition) is 3. The van der Waals surface area contributed by atoms with Gasteiger partial charge in [0.1, 0.15) is 0 Å². The van der Waals surface area contributed by atoms with Crippen molar-refractivity contribution in [3.05, 3.63) is 0 Å². The highest BCUT2D eigenvalue weighted by molar-refractivity contribution is 7.94. The van der Waals surface area contributed by atoms with Crippen LogP contribution in [-0.4, -0.2) is 15.0 Å². The molecule has 96 valence electrons. The lowest BCUT2D eigenvalue weighted by Crippen LogP contribution is -2.22. The van der Waals surface area contributed by atoms with Crippen molar-refractivity contribution in [1.82, 2.24) is 4.72 Å². The summed E-state index contributed by atoms with van der Waals surface area (Å²) < 4.78 is 24.7. The summed E-state index contributed by atoms with van der Waals surface area (Å²) in [5, 5.41) is 10.5. The van der Waals surface area contributed by atoms with Gasteiger partial charge in [-0.25, -0.2) is 4.72 Å². The minimum absolute atomic E-state index is 0.454. The number of hydrogen-bond donors (Lipinski definition) is 1. The van der Waals surface area contributed by atoms with Crippen LogP contribution in [0.25, 0.3) is 0 Å². The van der Waals surface area contributed by atoms with E-state index < -0.39 is 10.0 Å². The molecule has 0 radical (unpaired) electrons. The van der Waals surface area contributed by atoms with Crippen LogP contribution >= 0.6 is 0 Å². The highest BCUT2D eigenvalue weighted by Crippen LogP contribution is 2.06. The van der Waals surface area contributed by atoms with Crippen molar-refractivity contribution in [1.29, 1.82) is 5.26 Å². The summed E-state index contributed by atoms with van der Waals surface area (Å²) in [6, 6.07) is 2.12. The molecule has 0 heterocycles. The van der Waals surface area contributed by atoms with Gasteiger partial charge < -0.3 is 0 Å². The monoisotopic (exact) mass is 256 g/mol. The lowest BCUT2D eigenvalue weighted by molar-refractivity contribution is 0.573. The Morgan fingerprint density at radius 3 is 2.24 bits per heavy atom. The third kappa shape index (κ3) is 11.2. The molecule has 0 aromatic rings. The smallest absolute Gasteiger partial charge is 0.205 e. The third-order valence-corrected chi connectivity index (χ3v) is 3.30. The molecule has 0 aromatic heterocycles. The quantitative estimate of drug-likeness (QED) is 0.507. The Morgan fingerprint density at radius 1 is 1.06 bits per heavy atom. The highest BCUT2D eigenvalue weighted by atomic mass is 32.2. The van der Waals surface area contributed by atoms with E-state index in [9.17, 15) is 8.42 Å². The van der Waals surface area contributed by atoms with Crippen molar-refractivity contribution in [2.75, 3.05) is 6.54 Å². The van der Waals surface area contributed by atoms with E-state index in [0.717, 1.165) is 38.5 Å². The zero-order chi connectivity index (χ0) is 13.0. The molecule has 0 saturated carbocycles. The van der Waals surface area contributed by atoms with Crippen LogP contribution in [0.3, 0.4) is 0 Å². The van der Waals surface area contributed by atoms with Crippen molar-refractivity contribution < 1.29 is 8.42 Å². The molecule has 0 saturated heterocycles. The van der Waals surface area contributed by atoms with Gasteiger partial charge in [0.2, 0.25) is 0 Å². The number of unbranched alkanes of at least 4 members (excludes halogenated alkanes) is 6. The number of nitriles is 1. The van der Waals surface area contributed by atoms with Crippen molar-refractivity contribution >= 4 is 10.0 Å². The number of nitrogens with zero attached hydrogens (tertiary/aromatic N) is 1. The van der Waals surface area contributed by atoms with Crippen molar-refractivity contribution in [3.63, 3.8) is 0 Å². The van der Waals surface area contributed by atoms with Crippen LogP contribution in [0.5, 0.6) is 0 Å². The van der Waals surface area contributed by atoms with Gasteiger partial charge in [0, 0.05) is 18.2 Å². The van der Waals surface area contributed by atoms with Gasteiger partial charge in [-0.15, -0.1) is 0 Å². The predicted octanol–water partition coefficient (Wildman–Crippen LogP) is 2.14. The molecule has 0 rings (SSSR count). The molecular weight excluding hydrogens is 236 g/mol. The number of sulfonamides is 1. The number of rotatable bonds is 9. The van der Waals surface area contributed by atoms with Gasteiger partial charge >= 0.3 is 0 Å². The standard InChI is InChI=1S/C12H20N2O2S/c1-2-12-17(15,16)14-11-9-7-5-3-4-6-8-10-13/h14H,3-9,11H2,1H3. The van der Waals surface area contributed by atoms with E-state index in [1.54, 1.807) is 0 Å². The van der Waals surface area contributed by atoms with E-state index >= 15 is 0 Å². The fourth-order valence-corrected chi connectivity index (χ4v) is 2.17. The Labute approximate surface area is 104 Å². The normalized spacial score (nSPS) is 10.4. The molecule has 0 spiro atoms. The SMILES string of the molecule is CC#CS(=O)(=O)NCCCCCCCCC#N. The van der Waals surface area contributed by atoms with E-state index in [2.05, 4.69) is 22.0 Å². The van der Waals surface area contributed by atoms with Crippen molar-refractivity contribution in [3.8, 4) is 17.2 Å². The molecular formula is C12H20N2O2S. The molecule has 1 N–H and O–H groups in total. The largest absolute Gasteiger partial charge is 0.280 e. The molecule has 0 atom stereocenters. The van der Waals surface area contributed by atoms with Crippen LogP contribution in [0.1, 0.15) is 51.9 Å². The zero-order valence-corrected chi connectivity index (χ0v) is 11.1. The third-order valence-electron chi connectivity index (χ3n) is 2.24. The summed E-state index contributed by atoms with van der Waals surface area (Å²) in [5.41, 5.74) is 0. The molecule has 0 aliphatic rings. The van der Waals surface area contributed by atoms with E-state index in [1.165, 1.54) is 6.92 Å². The summed E-state index contributed by atoms with van der Waals surface area (Å²) >= 11 is 0. The van der Waals surface area contributed by atoms with Gasteiger partial charge in [0.05, 0.1) is 6.07 Å². The first-order chi connectivity index (χ1) is 8.12. The minimum atomic E-state index is -3.38. The van der Waals surface area contributed by atoms with Crippen LogP contribution in [0.15, 0.2) is 0 Å². The molecule has 17 heavy (non-hydrogen) atoms. The average molecular weight is 256 g/mol. The second kappa shape index (κ2) is 10.1. The first-order valence-electron chi connectivity index (χ1n) is 5.92. The average Bonchev–Trinajstić information content (AvgIpc) is 2.27. The highest BCUT2D eigenvalue weighted by Gasteiger charge is 2.02. The van der Waals surface area contributed by atoms with E-state index in [0.29, 0.717) is 13.0 Å². The molecule has 0 amide bonds. The first kappa shape index (κ1) is 16.0. The van der Waals surface area contributed by atoms with Gasteiger partial charge in [-0.2, -0.15) is 13.7 Å². The van der Waals surface area contributed by atoms with Gasteiger partial charge in [0.15, 0.2) is 0 Å². The molecule has 0 unspecified atom stereocenters. The summed E-state index contributed by atoms with van der Waals surface area (Å²) in [6.45, 7) is 1.95. The second-order valence-electron chi connectivity index (χ2n) is 3.78. The Balaban J connectivity index is 3.35.